The molecule has 0 atom stereocenters. The number of nitrogens with one attached hydrogen (secondary N) is 1. The molecular weight excluding hydrogens is 344 g/mol. The minimum absolute atomic E-state index is 0.453. The van der Waals surface area contributed by atoms with Crippen molar-refractivity contribution in [2.75, 3.05) is 7.11 Å². The molecule has 8 heteroatoms. The quantitative estimate of drug-likeness (QED) is 0.444. The third-order valence-corrected chi connectivity index (χ3v) is 4.13. The topological polar surface area (TPSA) is 98.1 Å². The number of carbonyl (C=O) groups excluding carboxylic acids is 1. The Morgan fingerprint density at radius 2 is 2.11 bits per heavy atom. The number of nitrogens with zero attached hydrogens (tertiary/aromatic N) is 5. The van der Waals surface area contributed by atoms with Gasteiger partial charge in [-0.3, -0.25) is 10.1 Å². The maximum atomic E-state index is 11.6. The van der Waals surface area contributed by atoms with Crippen molar-refractivity contribution >= 4 is 17.7 Å². The molecule has 0 aliphatic rings. The Labute approximate surface area is 154 Å². The van der Waals surface area contributed by atoms with E-state index in [1.165, 1.54) is 19.5 Å². The number of aromatic nitrogens is 6. The first kappa shape index (κ1) is 16.6. The van der Waals surface area contributed by atoms with Crippen molar-refractivity contribution in [3.05, 3.63) is 60.3 Å². The Bertz CT molecular complexity index is 1160. The van der Waals surface area contributed by atoms with E-state index in [0.717, 1.165) is 28.2 Å². The molecule has 0 spiro atoms. The van der Waals surface area contributed by atoms with Crippen molar-refractivity contribution in [1.29, 1.82) is 0 Å². The zero-order chi connectivity index (χ0) is 18.8. The molecule has 0 saturated carbocycles. The average Bonchev–Trinajstić information content (AvgIpc) is 3.34. The van der Waals surface area contributed by atoms with Gasteiger partial charge >= 0.3 is 5.97 Å². The first-order valence-corrected chi connectivity index (χ1v) is 8.24. The summed E-state index contributed by atoms with van der Waals surface area (Å²) in [6.45, 7) is 1.94. The zero-order valence-corrected chi connectivity index (χ0v) is 14.7. The molecule has 4 rings (SSSR count). The van der Waals surface area contributed by atoms with Gasteiger partial charge in [0, 0.05) is 22.9 Å². The van der Waals surface area contributed by atoms with Gasteiger partial charge in [-0.15, -0.1) is 0 Å². The van der Waals surface area contributed by atoms with Crippen LogP contribution in [0.4, 0.5) is 0 Å². The molecule has 4 heterocycles. The lowest BCUT2D eigenvalue weighted by molar-refractivity contribution is -0.134. The maximum Gasteiger partial charge on any atom is 0.330 e. The monoisotopic (exact) mass is 360 g/mol. The number of methoxy groups -OCH3 is 1. The summed E-state index contributed by atoms with van der Waals surface area (Å²) in [5, 5.41) is 11.5. The van der Waals surface area contributed by atoms with Crippen LogP contribution in [0.15, 0.2) is 48.9 Å². The van der Waals surface area contributed by atoms with E-state index in [9.17, 15) is 4.79 Å². The van der Waals surface area contributed by atoms with Crippen LogP contribution >= 0.6 is 0 Å². The number of hydrogen-bond acceptors (Lipinski definition) is 6. The van der Waals surface area contributed by atoms with Crippen LogP contribution in [0.3, 0.4) is 0 Å². The van der Waals surface area contributed by atoms with Crippen molar-refractivity contribution in [3.63, 3.8) is 0 Å². The molecule has 0 aliphatic carbocycles. The lowest BCUT2D eigenvalue weighted by Gasteiger charge is -2.09. The Balaban J connectivity index is 1.92. The Kier molecular flexibility index (Phi) is 4.21. The molecule has 8 nitrogen and oxygen atoms in total. The van der Waals surface area contributed by atoms with Crippen LogP contribution in [0.2, 0.25) is 0 Å². The highest BCUT2D eigenvalue weighted by molar-refractivity contribution is 5.90. The molecule has 1 N–H and O–H groups in total. The van der Waals surface area contributed by atoms with Crippen LogP contribution in [-0.4, -0.2) is 42.9 Å². The number of H-pyrrole nitrogens is 1. The van der Waals surface area contributed by atoms with Crippen molar-refractivity contribution in [3.8, 4) is 22.5 Å². The van der Waals surface area contributed by atoms with Gasteiger partial charge in [-0.05, 0) is 37.3 Å². The lowest BCUT2D eigenvalue weighted by Crippen LogP contribution is -2.00. The average molecular weight is 360 g/mol. The maximum absolute atomic E-state index is 11.6. The van der Waals surface area contributed by atoms with Gasteiger partial charge in [-0.1, -0.05) is 6.07 Å². The number of pyridine rings is 2. The van der Waals surface area contributed by atoms with Crippen molar-refractivity contribution < 1.29 is 9.53 Å². The van der Waals surface area contributed by atoms with Gasteiger partial charge in [-0.2, -0.15) is 10.2 Å². The van der Waals surface area contributed by atoms with E-state index in [2.05, 4.69) is 25.3 Å². The van der Waals surface area contributed by atoms with Gasteiger partial charge in [0.05, 0.1) is 30.4 Å². The molecule has 0 unspecified atom stereocenters. The molecule has 0 amide bonds. The number of aromatic amines is 1. The van der Waals surface area contributed by atoms with Gasteiger partial charge in [0.15, 0.2) is 5.65 Å². The number of aryl methyl sites for hydroxylation is 1. The lowest BCUT2D eigenvalue weighted by atomic mass is 10.0. The van der Waals surface area contributed by atoms with Gasteiger partial charge in [0.1, 0.15) is 6.33 Å². The molecule has 0 radical (unpaired) electrons. The smallest absolute Gasteiger partial charge is 0.330 e. The van der Waals surface area contributed by atoms with E-state index in [1.807, 2.05) is 37.3 Å². The largest absolute Gasteiger partial charge is 0.466 e. The molecule has 0 fully saturated rings. The van der Waals surface area contributed by atoms with Crippen molar-refractivity contribution in [2.24, 2.45) is 0 Å². The highest BCUT2D eigenvalue weighted by Crippen LogP contribution is 2.32. The highest BCUT2D eigenvalue weighted by atomic mass is 16.5. The molecule has 27 heavy (non-hydrogen) atoms. The second-order valence-corrected chi connectivity index (χ2v) is 5.84. The minimum Gasteiger partial charge on any atom is -0.466 e. The summed E-state index contributed by atoms with van der Waals surface area (Å²) >= 11 is 0. The van der Waals surface area contributed by atoms with Crippen LogP contribution in [0.25, 0.3) is 34.2 Å². The first-order chi connectivity index (χ1) is 13.2. The number of rotatable bonds is 4. The predicted molar refractivity (Wildman–Crippen MR) is 99.6 cm³/mol. The van der Waals surface area contributed by atoms with Crippen LogP contribution < -0.4 is 0 Å². The van der Waals surface area contributed by atoms with E-state index in [0.29, 0.717) is 11.3 Å². The summed E-state index contributed by atoms with van der Waals surface area (Å²) in [5.41, 5.74) is 5.50. The third-order valence-electron chi connectivity index (χ3n) is 4.13. The fourth-order valence-electron chi connectivity index (χ4n) is 2.88. The standard InChI is InChI=1S/C19H16N6O2/c1-12-4-3-5-15(23-12)19-14(10-21-24-19)13-6-8-17-20-11-22-25(17)16(13)7-9-18(26)27-2/h3-11H,1-2H3,(H,21,24)/b9-7+. The number of ether oxygens (including phenoxy) is 1. The minimum atomic E-state index is -0.453. The third kappa shape index (κ3) is 3.08. The summed E-state index contributed by atoms with van der Waals surface area (Å²) in [4.78, 5) is 20.4. The SMILES string of the molecule is COC(=O)/C=C/c1c(-c2cn[nH]c2-c2cccc(C)n2)ccc2ncnn12. The van der Waals surface area contributed by atoms with Gasteiger partial charge in [-0.25, -0.2) is 14.3 Å². The molecule has 0 bridgehead atoms. The van der Waals surface area contributed by atoms with E-state index >= 15 is 0 Å². The van der Waals surface area contributed by atoms with Crippen LogP contribution in [0.5, 0.6) is 0 Å². The Morgan fingerprint density at radius 1 is 1.22 bits per heavy atom. The molecule has 0 aromatic carbocycles. The fraction of sp³-hybridized carbons (Fsp3) is 0.105. The summed E-state index contributed by atoms with van der Waals surface area (Å²) in [6.07, 6.45) is 6.20. The van der Waals surface area contributed by atoms with Gasteiger partial charge in [0.2, 0.25) is 0 Å². The molecule has 0 saturated heterocycles. The van der Waals surface area contributed by atoms with E-state index < -0.39 is 5.97 Å². The zero-order valence-electron chi connectivity index (χ0n) is 14.7. The van der Waals surface area contributed by atoms with E-state index in [4.69, 9.17) is 4.74 Å². The fourth-order valence-corrected chi connectivity index (χ4v) is 2.88. The Morgan fingerprint density at radius 3 is 2.93 bits per heavy atom. The van der Waals surface area contributed by atoms with Crippen LogP contribution in [0.1, 0.15) is 11.4 Å². The van der Waals surface area contributed by atoms with Crippen LogP contribution in [0, 0.1) is 6.92 Å². The summed E-state index contributed by atoms with van der Waals surface area (Å²) in [7, 11) is 1.33. The summed E-state index contributed by atoms with van der Waals surface area (Å²) in [6, 6.07) is 9.58. The van der Waals surface area contributed by atoms with E-state index in [-0.39, 0.29) is 0 Å². The molecular formula is C19H16N6O2. The molecule has 134 valence electrons. The second-order valence-electron chi connectivity index (χ2n) is 5.84. The highest BCUT2D eigenvalue weighted by Gasteiger charge is 2.16. The van der Waals surface area contributed by atoms with E-state index in [1.54, 1.807) is 16.8 Å². The van der Waals surface area contributed by atoms with Crippen LogP contribution in [-0.2, 0) is 9.53 Å². The predicted octanol–water partition coefficient (Wildman–Crippen LogP) is 2.68. The number of esters is 1. The van der Waals surface area contributed by atoms with Crippen molar-refractivity contribution in [2.45, 2.75) is 6.92 Å². The first-order valence-electron chi connectivity index (χ1n) is 8.24. The Hall–Kier alpha value is -3.81. The number of carbonyl (C=O) groups is 1. The second kappa shape index (κ2) is 6.83. The molecule has 0 aliphatic heterocycles. The summed E-state index contributed by atoms with van der Waals surface area (Å²) in [5.74, 6) is -0.453. The molecule has 4 aromatic rings. The number of hydrogen-bond donors (Lipinski definition) is 1. The van der Waals surface area contributed by atoms with Crippen molar-refractivity contribution in [1.82, 2.24) is 29.8 Å². The molecule has 4 aromatic heterocycles. The van der Waals surface area contributed by atoms with Gasteiger partial charge in [0.25, 0.3) is 0 Å². The summed E-state index contributed by atoms with van der Waals surface area (Å²) < 4.78 is 6.36. The van der Waals surface area contributed by atoms with Gasteiger partial charge < -0.3 is 4.74 Å². The number of fused-ring (bicyclic) bond motifs is 1. The normalized spacial score (nSPS) is 11.3.